The van der Waals surface area contributed by atoms with Crippen LogP contribution in [0.15, 0.2) is 105 Å². The van der Waals surface area contributed by atoms with Gasteiger partial charge in [-0.3, -0.25) is 9.69 Å². The maximum atomic E-state index is 13.7. The van der Waals surface area contributed by atoms with E-state index in [9.17, 15) is 10.1 Å². The molecule has 2 aliphatic heterocycles. The molecule has 160 valence electrons. The van der Waals surface area contributed by atoms with E-state index in [4.69, 9.17) is 10.2 Å². The summed E-state index contributed by atoms with van der Waals surface area (Å²) in [6, 6.07) is 23.5. The van der Waals surface area contributed by atoms with E-state index in [0.29, 0.717) is 35.6 Å². The van der Waals surface area contributed by atoms with Gasteiger partial charge in [0.2, 0.25) is 0 Å². The van der Waals surface area contributed by atoms with E-state index in [2.05, 4.69) is 11.1 Å². The Hall–Kier alpha value is -4.37. The number of fused-ring (bicyclic) bond motifs is 4. The van der Waals surface area contributed by atoms with Crippen molar-refractivity contribution in [1.82, 2.24) is 0 Å². The zero-order chi connectivity index (χ0) is 22.5. The van der Waals surface area contributed by atoms with Gasteiger partial charge in [-0.25, -0.2) is 4.99 Å². The van der Waals surface area contributed by atoms with E-state index in [-0.39, 0.29) is 11.7 Å². The first-order valence-corrected chi connectivity index (χ1v) is 10.9. The van der Waals surface area contributed by atoms with Crippen molar-refractivity contribution in [1.29, 1.82) is 5.26 Å². The first kappa shape index (κ1) is 19.3. The van der Waals surface area contributed by atoms with Gasteiger partial charge in [-0.05, 0) is 36.2 Å². The second-order valence-corrected chi connectivity index (χ2v) is 8.45. The molecule has 33 heavy (non-hydrogen) atoms. The van der Waals surface area contributed by atoms with Gasteiger partial charge in [-0.1, -0.05) is 42.5 Å². The molecular formula is C27H20N4O2. The summed E-state index contributed by atoms with van der Waals surface area (Å²) in [5.41, 5.74) is 10.8. The van der Waals surface area contributed by atoms with Crippen molar-refractivity contribution in [2.75, 3.05) is 4.90 Å². The van der Waals surface area contributed by atoms with Crippen LogP contribution in [0.1, 0.15) is 41.6 Å². The van der Waals surface area contributed by atoms with Crippen molar-refractivity contribution in [3.05, 3.63) is 113 Å². The van der Waals surface area contributed by atoms with Crippen LogP contribution >= 0.6 is 0 Å². The van der Waals surface area contributed by atoms with Crippen LogP contribution < -0.4 is 10.6 Å². The lowest BCUT2D eigenvalue weighted by atomic mass is 9.72. The zero-order valence-electron chi connectivity index (χ0n) is 17.7. The molecule has 0 unspecified atom stereocenters. The molecule has 6 rings (SSSR count). The molecule has 1 aromatic heterocycles. The average molecular weight is 432 g/mol. The fourth-order valence-electron chi connectivity index (χ4n) is 5.22. The molecule has 0 saturated carbocycles. The summed E-state index contributed by atoms with van der Waals surface area (Å²) < 4.78 is 5.67. The maximum Gasteiger partial charge on any atom is 0.162 e. The van der Waals surface area contributed by atoms with Crippen molar-refractivity contribution in [2.45, 2.75) is 24.7 Å². The molecule has 2 aromatic carbocycles. The predicted octanol–water partition coefficient (Wildman–Crippen LogP) is 4.74. The summed E-state index contributed by atoms with van der Waals surface area (Å²) in [6.45, 7) is 0. The Labute approximate surface area is 191 Å². The lowest BCUT2D eigenvalue weighted by Crippen LogP contribution is -2.40. The number of allylic oxidation sites excluding steroid dienone is 3. The molecule has 2 atom stereocenters. The standard InChI is InChI=1S/C27H20N4O2/c28-15-19-24(16-7-2-1-3-8-16)25-21(13-17(14-22(25)32)23-11-6-12-33-23)31-20-10-5-4-9-18(20)26(29)30-27(19)31/h1-12,17,24H,13-14H2,(H2,29,30)/t17-,24+/m1/s1. The molecule has 3 aliphatic rings. The normalized spacial score (nSPS) is 21.7. The number of amidine groups is 1. The van der Waals surface area contributed by atoms with Crippen molar-refractivity contribution >= 4 is 17.3 Å². The van der Waals surface area contributed by atoms with Crippen LogP contribution in [-0.4, -0.2) is 11.6 Å². The number of Topliss-reactive ketones (excluding diaryl/α,β-unsaturated/α-hetero) is 1. The second-order valence-electron chi connectivity index (χ2n) is 8.45. The number of furan rings is 1. The van der Waals surface area contributed by atoms with E-state index in [0.717, 1.165) is 28.3 Å². The van der Waals surface area contributed by atoms with Gasteiger partial charge >= 0.3 is 0 Å². The number of benzene rings is 2. The molecule has 0 fully saturated rings. The molecule has 3 heterocycles. The van der Waals surface area contributed by atoms with Gasteiger partial charge < -0.3 is 10.2 Å². The van der Waals surface area contributed by atoms with Gasteiger partial charge in [-0.2, -0.15) is 5.26 Å². The Morgan fingerprint density at radius 3 is 2.58 bits per heavy atom. The van der Waals surface area contributed by atoms with Gasteiger partial charge in [0.15, 0.2) is 11.6 Å². The molecule has 0 amide bonds. The van der Waals surface area contributed by atoms with E-state index >= 15 is 0 Å². The number of nitrogens with zero attached hydrogens (tertiary/aromatic N) is 3. The fourth-order valence-corrected chi connectivity index (χ4v) is 5.22. The summed E-state index contributed by atoms with van der Waals surface area (Å²) in [6.07, 6.45) is 2.58. The third kappa shape index (κ3) is 2.86. The molecule has 0 radical (unpaired) electrons. The van der Waals surface area contributed by atoms with Crippen LogP contribution in [0.3, 0.4) is 0 Å². The highest BCUT2D eigenvalue weighted by Gasteiger charge is 2.45. The quantitative estimate of drug-likeness (QED) is 0.631. The Bertz CT molecular complexity index is 1410. The van der Waals surface area contributed by atoms with Gasteiger partial charge in [0, 0.05) is 29.2 Å². The number of ketones is 1. The first-order valence-electron chi connectivity index (χ1n) is 10.9. The van der Waals surface area contributed by atoms with Crippen molar-refractivity contribution < 1.29 is 9.21 Å². The summed E-state index contributed by atoms with van der Waals surface area (Å²) in [5, 5.41) is 10.3. The number of nitrogens with two attached hydrogens (primary N) is 1. The van der Waals surface area contributed by atoms with Crippen LogP contribution in [0.2, 0.25) is 0 Å². The number of hydrogen-bond donors (Lipinski definition) is 1. The number of rotatable bonds is 2. The van der Waals surface area contributed by atoms with E-state index in [1.54, 1.807) is 6.26 Å². The Kier molecular flexibility index (Phi) is 4.30. The summed E-state index contributed by atoms with van der Waals surface area (Å²) in [7, 11) is 0. The molecule has 0 saturated heterocycles. The fraction of sp³-hybridized carbons (Fsp3) is 0.148. The smallest absolute Gasteiger partial charge is 0.162 e. The highest BCUT2D eigenvalue weighted by molar-refractivity contribution is 6.08. The minimum Gasteiger partial charge on any atom is -0.469 e. The summed E-state index contributed by atoms with van der Waals surface area (Å²) in [5.74, 6) is 1.11. The molecule has 0 spiro atoms. The minimum atomic E-state index is -0.482. The number of carbonyl (C=O) groups is 1. The van der Waals surface area contributed by atoms with E-state index in [1.165, 1.54) is 0 Å². The van der Waals surface area contributed by atoms with Gasteiger partial charge in [-0.15, -0.1) is 0 Å². The van der Waals surface area contributed by atoms with Crippen LogP contribution in [-0.2, 0) is 4.79 Å². The molecule has 1 aliphatic carbocycles. The van der Waals surface area contributed by atoms with Crippen LogP contribution in [0.4, 0.5) is 5.69 Å². The van der Waals surface area contributed by atoms with E-state index in [1.807, 2.05) is 71.6 Å². The maximum absolute atomic E-state index is 13.7. The minimum absolute atomic E-state index is 0.0262. The second kappa shape index (κ2) is 7.35. The molecule has 0 bridgehead atoms. The Morgan fingerprint density at radius 1 is 1.03 bits per heavy atom. The molecular weight excluding hydrogens is 412 g/mol. The Morgan fingerprint density at radius 2 is 1.82 bits per heavy atom. The van der Waals surface area contributed by atoms with Crippen LogP contribution in [0.25, 0.3) is 0 Å². The lowest BCUT2D eigenvalue weighted by molar-refractivity contribution is -0.116. The third-order valence-corrected chi connectivity index (χ3v) is 6.63. The Balaban J connectivity index is 1.63. The third-order valence-electron chi connectivity index (χ3n) is 6.63. The van der Waals surface area contributed by atoms with Gasteiger partial charge in [0.05, 0.1) is 29.5 Å². The van der Waals surface area contributed by atoms with Crippen molar-refractivity contribution in [3.8, 4) is 6.07 Å². The molecule has 6 nitrogen and oxygen atoms in total. The van der Waals surface area contributed by atoms with Gasteiger partial charge in [0.25, 0.3) is 0 Å². The number of carbonyl (C=O) groups excluding carboxylic acids is 1. The van der Waals surface area contributed by atoms with Crippen molar-refractivity contribution in [3.63, 3.8) is 0 Å². The van der Waals surface area contributed by atoms with Crippen molar-refractivity contribution in [2.24, 2.45) is 10.7 Å². The molecule has 6 heteroatoms. The summed E-state index contributed by atoms with van der Waals surface area (Å²) in [4.78, 5) is 20.4. The summed E-state index contributed by atoms with van der Waals surface area (Å²) >= 11 is 0. The highest BCUT2D eigenvalue weighted by Crippen LogP contribution is 2.51. The molecule has 3 aromatic rings. The largest absolute Gasteiger partial charge is 0.469 e. The number of nitriles is 1. The predicted molar refractivity (Wildman–Crippen MR) is 124 cm³/mol. The highest BCUT2D eigenvalue weighted by atomic mass is 16.3. The molecule has 2 N–H and O–H groups in total. The lowest BCUT2D eigenvalue weighted by Gasteiger charge is -2.43. The number of para-hydroxylation sites is 1. The first-order chi connectivity index (χ1) is 16.2. The zero-order valence-corrected chi connectivity index (χ0v) is 17.7. The van der Waals surface area contributed by atoms with E-state index < -0.39 is 5.92 Å². The SMILES string of the molecule is N#CC1=C2N=C(N)c3ccccc3N2C2=C(C(=O)C[C@H](c3ccco3)C2)[C@H]1c1ccccc1. The average Bonchev–Trinajstić information content (AvgIpc) is 3.39. The topological polar surface area (TPSA) is 95.6 Å². The van der Waals surface area contributed by atoms with Crippen LogP contribution in [0, 0.1) is 11.3 Å². The monoisotopic (exact) mass is 432 g/mol. The van der Waals surface area contributed by atoms with Crippen LogP contribution in [0.5, 0.6) is 0 Å². The number of aliphatic imine (C=N–C) groups is 1. The van der Waals surface area contributed by atoms with Gasteiger partial charge in [0.1, 0.15) is 11.6 Å². The number of hydrogen-bond acceptors (Lipinski definition) is 6. The number of anilines is 1.